The number of rotatable bonds is 5. The number of carbonyl (C=O) groups is 2. The minimum atomic E-state index is -4.16. The maximum absolute atomic E-state index is 13.1. The zero-order valence-electron chi connectivity index (χ0n) is 15.5. The number of hydrogen-bond donors (Lipinski definition) is 0. The van der Waals surface area contributed by atoms with E-state index in [1.165, 1.54) is 31.3 Å². The zero-order chi connectivity index (χ0) is 21.2. The summed E-state index contributed by atoms with van der Waals surface area (Å²) in [6, 6.07) is 3.85. The van der Waals surface area contributed by atoms with Gasteiger partial charge in [0.15, 0.2) is 5.82 Å². The third-order valence-electron chi connectivity index (χ3n) is 4.24. The number of nitrogens with zero attached hydrogens (tertiary/aromatic N) is 4. The van der Waals surface area contributed by atoms with Crippen LogP contribution in [0.4, 0.5) is 10.3 Å². The Kier molecular flexibility index (Phi) is 5.75. The highest BCUT2D eigenvalue weighted by atomic mass is 32.2. The molecule has 0 radical (unpaired) electrons. The number of benzene rings is 1. The van der Waals surface area contributed by atoms with Crippen molar-refractivity contribution < 1.29 is 31.9 Å². The molecule has 0 N–H and O–H groups in total. The quantitative estimate of drug-likeness (QED) is 0.635. The number of amides is 1. The first kappa shape index (κ1) is 20.6. The predicted octanol–water partition coefficient (Wildman–Crippen LogP) is 0.448. The Morgan fingerprint density at radius 2 is 1.86 bits per heavy atom. The molecular formula is C17H17FN4O6S. The minimum absolute atomic E-state index is 0.0151. The highest BCUT2D eigenvalue weighted by molar-refractivity contribution is 7.89. The predicted molar refractivity (Wildman–Crippen MR) is 97.4 cm³/mol. The van der Waals surface area contributed by atoms with Crippen LogP contribution < -0.4 is 9.64 Å². The lowest BCUT2D eigenvalue weighted by atomic mass is 10.2. The molecule has 0 spiro atoms. The van der Waals surface area contributed by atoms with Crippen LogP contribution in [0.15, 0.2) is 35.5 Å². The molecule has 29 heavy (non-hydrogen) atoms. The lowest BCUT2D eigenvalue weighted by molar-refractivity contribution is -0.120. The molecule has 0 saturated carbocycles. The Hall–Kier alpha value is -3.12. The number of methoxy groups -OCH3 is 2. The third kappa shape index (κ3) is 4.03. The van der Waals surface area contributed by atoms with Crippen LogP contribution in [0.1, 0.15) is 10.4 Å². The van der Waals surface area contributed by atoms with Gasteiger partial charge in [0, 0.05) is 13.1 Å². The van der Waals surface area contributed by atoms with Crippen molar-refractivity contribution in [3.05, 3.63) is 42.0 Å². The fourth-order valence-electron chi connectivity index (χ4n) is 2.78. The summed E-state index contributed by atoms with van der Waals surface area (Å²) in [5, 5.41) is 0. The molecular weight excluding hydrogens is 407 g/mol. The standard InChI is InChI=1S/C17H17FN4O6S/c1-27-13-4-3-11(16(24)28-2)7-14(13)29(25,26)21-5-6-22(15(23)10-21)17-19-8-12(18)9-20-17/h3-4,7-9H,5-6,10H2,1-2H3. The lowest BCUT2D eigenvalue weighted by Crippen LogP contribution is -2.52. The van der Waals surface area contributed by atoms with Gasteiger partial charge in [-0.2, -0.15) is 4.31 Å². The van der Waals surface area contributed by atoms with E-state index in [-0.39, 0.29) is 35.2 Å². The molecule has 3 rings (SSSR count). The van der Waals surface area contributed by atoms with E-state index in [1.807, 2.05) is 0 Å². The van der Waals surface area contributed by atoms with Crippen LogP contribution in [-0.2, 0) is 19.6 Å². The van der Waals surface area contributed by atoms with Crippen LogP contribution in [-0.4, -0.2) is 68.4 Å². The molecule has 1 aromatic carbocycles. The molecule has 2 aromatic rings. The first-order valence-electron chi connectivity index (χ1n) is 8.32. The van der Waals surface area contributed by atoms with Crippen molar-refractivity contribution in [1.29, 1.82) is 0 Å². The van der Waals surface area contributed by atoms with Gasteiger partial charge in [-0.15, -0.1) is 0 Å². The molecule has 1 saturated heterocycles. The first-order chi connectivity index (χ1) is 13.8. The van der Waals surface area contributed by atoms with Gasteiger partial charge in [-0.05, 0) is 18.2 Å². The summed E-state index contributed by atoms with van der Waals surface area (Å²) in [5.74, 6) is -1.93. The number of piperazine rings is 1. The van der Waals surface area contributed by atoms with Crippen molar-refractivity contribution in [3.8, 4) is 5.75 Å². The van der Waals surface area contributed by atoms with Gasteiger partial charge in [0.1, 0.15) is 10.6 Å². The Balaban J connectivity index is 1.88. The molecule has 1 aliphatic heterocycles. The van der Waals surface area contributed by atoms with Crippen LogP contribution in [0.25, 0.3) is 0 Å². The summed E-state index contributed by atoms with van der Waals surface area (Å²) in [4.78, 5) is 32.7. The number of sulfonamides is 1. The van der Waals surface area contributed by atoms with E-state index in [1.54, 1.807) is 0 Å². The van der Waals surface area contributed by atoms with Crippen molar-refractivity contribution in [2.24, 2.45) is 0 Å². The summed E-state index contributed by atoms with van der Waals surface area (Å²) in [7, 11) is -1.69. The van der Waals surface area contributed by atoms with E-state index in [0.29, 0.717) is 0 Å². The van der Waals surface area contributed by atoms with Crippen LogP contribution in [0, 0.1) is 5.82 Å². The highest BCUT2D eigenvalue weighted by Crippen LogP contribution is 2.29. The van der Waals surface area contributed by atoms with Crippen molar-refractivity contribution >= 4 is 27.8 Å². The topological polar surface area (TPSA) is 119 Å². The largest absolute Gasteiger partial charge is 0.495 e. The molecule has 0 aliphatic carbocycles. The average Bonchev–Trinajstić information content (AvgIpc) is 2.73. The summed E-state index contributed by atoms with van der Waals surface area (Å²) in [5.41, 5.74) is 0.0246. The number of anilines is 1. The van der Waals surface area contributed by atoms with E-state index in [2.05, 4.69) is 14.7 Å². The second kappa shape index (κ2) is 8.09. The van der Waals surface area contributed by atoms with E-state index in [4.69, 9.17) is 4.74 Å². The molecule has 0 unspecified atom stereocenters. The normalized spacial score (nSPS) is 15.3. The molecule has 10 nitrogen and oxygen atoms in total. The SMILES string of the molecule is COC(=O)c1ccc(OC)c(S(=O)(=O)N2CCN(c3ncc(F)cn3)C(=O)C2)c1. The fourth-order valence-corrected chi connectivity index (χ4v) is 4.34. The number of halogens is 1. The van der Waals surface area contributed by atoms with Crippen molar-refractivity contribution in [2.75, 3.05) is 38.8 Å². The Morgan fingerprint density at radius 1 is 1.17 bits per heavy atom. The molecule has 2 heterocycles. The maximum atomic E-state index is 13.1. The summed E-state index contributed by atoms with van der Waals surface area (Å²) in [6.07, 6.45) is 1.84. The summed E-state index contributed by atoms with van der Waals surface area (Å²) in [6.45, 7) is -0.558. The van der Waals surface area contributed by atoms with Crippen molar-refractivity contribution in [1.82, 2.24) is 14.3 Å². The van der Waals surface area contributed by atoms with Gasteiger partial charge in [-0.25, -0.2) is 27.6 Å². The van der Waals surface area contributed by atoms with E-state index < -0.39 is 34.3 Å². The Labute approximate surface area is 165 Å². The molecule has 12 heteroatoms. The monoisotopic (exact) mass is 424 g/mol. The lowest BCUT2D eigenvalue weighted by Gasteiger charge is -2.32. The number of ether oxygens (including phenoxy) is 2. The third-order valence-corrected chi connectivity index (χ3v) is 6.10. The molecule has 0 bridgehead atoms. The number of carbonyl (C=O) groups excluding carboxylic acids is 2. The molecule has 1 amide bonds. The van der Waals surface area contributed by atoms with Crippen LogP contribution in [0.5, 0.6) is 5.75 Å². The molecule has 1 fully saturated rings. The minimum Gasteiger partial charge on any atom is -0.495 e. The van der Waals surface area contributed by atoms with Gasteiger partial charge < -0.3 is 9.47 Å². The number of esters is 1. The molecule has 1 aliphatic rings. The van der Waals surface area contributed by atoms with Gasteiger partial charge in [0.05, 0.1) is 38.7 Å². The van der Waals surface area contributed by atoms with E-state index in [9.17, 15) is 22.4 Å². The van der Waals surface area contributed by atoms with E-state index in [0.717, 1.165) is 22.8 Å². The van der Waals surface area contributed by atoms with Crippen LogP contribution in [0.2, 0.25) is 0 Å². The summed E-state index contributed by atoms with van der Waals surface area (Å²) < 4.78 is 49.9. The smallest absolute Gasteiger partial charge is 0.337 e. The number of aromatic nitrogens is 2. The molecule has 0 atom stereocenters. The highest BCUT2D eigenvalue weighted by Gasteiger charge is 2.36. The van der Waals surface area contributed by atoms with Gasteiger partial charge >= 0.3 is 5.97 Å². The van der Waals surface area contributed by atoms with Gasteiger partial charge in [-0.1, -0.05) is 0 Å². The molecule has 154 valence electrons. The number of hydrogen-bond acceptors (Lipinski definition) is 8. The maximum Gasteiger partial charge on any atom is 0.337 e. The van der Waals surface area contributed by atoms with Gasteiger partial charge in [0.2, 0.25) is 21.9 Å². The second-order valence-electron chi connectivity index (χ2n) is 5.94. The fraction of sp³-hybridized carbons (Fsp3) is 0.294. The zero-order valence-corrected chi connectivity index (χ0v) is 16.3. The summed E-state index contributed by atoms with van der Waals surface area (Å²) >= 11 is 0. The van der Waals surface area contributed by atoms with Crippen molar-refractivity contribution in [2.45, 2.75) is 4.90 Å². The van der Waals surface area contributed by atoms with Crippen molar-refractivity contribution in [3.63, 3.8) is 0 Å². The molecule has 1 aromatic heterocycles. The van der Waals surface area contributed by atoms with Gasteiger partial charge in [0.25, 0.3) is 0 Å². The Morgan fingerprint density at radius 3 is 2.45 bits per heavy atom. The first-order valence-corrected chi connectivity index (χ1v) is 9.76. The van der Waals surface area contributed by atoms with Gasteiger partial charge in [-0.3, -0.25) is 9.69 Å². The van der Waals surface area contributed by atoms with Crippen LogP contribution in [0.3, 0.4) is 0 Å². The van der Waals surface area contributed by atoms with E-state index >= 15 is 0 Å². The average molecular weight is 424 g/mol. The van der Waals surface area contributed by atoms with Crippen LogP contribution >= 0.6 is 0 Å². The Bertz CT molecular complexity index is 1040. The second-order valence-corrected chi connectivity index (χ2v) is 7.85.